The molecule has 0 aliphatic rings. The van der Waals surface area contributed by atoms with Gasteiger partial charge in [-0.15, -0.1) is 0 Å². The van der Waals surface area contributed by atoms with Gasteiger partial charge in [-0.2, -0.15) is 23.4 Å². The molecule has 2 N–H and O–H groups in total. The van der Waals surface area contributed by atoms with Crippen LogP contribution in [0.25, 0.3) is 16.9 Å². The first-order valence-corrected chi connectivity index (χ1v) is 9.89. The molecule has 0 amide bonds. The summed E-state index contributed by atoms with van der Waals surface area (Å²) < 4.78 is 36.0. The van der Waals surface area contributed by atoms with Crippen molar-refractivity contribution >= 4 is 33.5 Å². The van der Waals surface area contributed by atoms with E-state index in [1.165, 1.54) is 0 Å². The predicted octanol–water partition coefficient (Wildman–Crippen LogP) is 3.91. The molecule has 3 heterocycles. The van der Waals surface area contributed by atoms with Crippen LogP contribution >= 0.6 is 15.9 Å². The zero-order valence-corrected chi connectivity index (χ0v) is 18.7. The fourth-order valence-corrected chi connectivity index (χ4v) is 2.89. The zero-order chi connectivity index (χ0) is 24.2. The van der Waals surface area contributed by atoms with Gasteiger partial charge in [-0.25, -0.2) is 24.4 Å². The van der Waals surface area contributed by atoms with E-state index >= 15 is 0 Å². The Hall–Kier alpha value is -3.81. The Bertz CT molecular complexity index is 1250. The van der Waals surface area contributed by atoms with Gasteiger partial charge in [0.25, 0.3) is 0 Å². The van der Waals surface area contributed by atoms with Crippen LogP contribution in [0.15, 0.2) is 53.7 Å². The molecule has 1 aromatic carbocycles. The summed E-state index contributed by atoms with van der Waals surface area (Å²) in [5, 5.41) is 18.8. The molecule has 172 valence electrons. The van der Waals surface area contributed by atoms with Gasteiger partial charge >= 0.3 is 12.1 Å². The second-order valence-electron chi connectivity index (χ2n) is 6.50. The predicted molar refractivity (Wildman–Crippen MR) is 115 cm³/mol. The lowest BCUT2D eigenvalue weighted by Gasteiger charge is -2.08. The molecule has 3 aromatic heterocycles. The van der Waals surface area contributed by atoms with Gasteiger partial charge in [-0.05, 0) is 47.1 Å². The van der Waals surface area contributed by atoms with E-state index in [0.29, 0.717) is 5.95 Å². The van der Waals surface area contributed by atoms with E-state index in [2.05, 4.69) is 46.4 Å². The number of carboxylic acids is 1. The molecule has 0 spiro atoms. The van der Waals surface area contributed by atoms with Crippen molar-refractivity contribution in [3.8, 4) is 16.9 Å². The summed E-state index contributed by atoms with van der Waals surface area (Å²) in [6, 6.07) is 7.80. The number of benzene rings is 1. The Morgan fingerprint density at radius 3 is 2.33 bits per heavy atom. The number of aryl methyl sites for hydroxylation is 2. The van der Waals surface area contributed by atoms with Crippen molar-refractivity contribution in [3.05, 3.63) is 59.5 Å². The van der Waals surface area contributed by atoms with Crippen LogP contribution < -0.4 is 5.32 Å². The van der Waals surface area contributed by atoms with Gasteiger partial charge in [-0.1, -0.05) is 0 Å². The molecule has 33 heavy (non-hydrogen) atoms. The van der Waals surface area contributed by atoms with Crippen LogP contribution in [0, 0.1) is 6.92 Å². The minimum atomic E-state index is -5.08. The van der Waals surface area contributed by atoms with E-state index in [1.807, 2.05) is 44.4 Å². The maximum absolute atomic E-state index is 10.6. The summed E-state index contributed by atoms with van der Waals surface area (Å²) in [6.07, 6.45) is 2.01. The summed E-state index contributed by atoms with van der Waals surface area (Å²) >= 11 is 3.49. The van der Waals surface area contributed by atoms with Gasteiger partial charge in [0.15, 0.2) is 0 Å². The highest BCUT2D eigenvalue weighted by atomic mass is 79.9. The second-order valence-corrected chi connectivity index (χ2v) is 7.36. The van der Waals surface area contributed by atoms with Crippen LogP contribution in [-0.2, 0) is 11.8 Å². The van der Waals surface area contributed by atoms with Crippen LogP contribution in [0.1, 0.15) is 5.82 Å². The maximum atomic E-state index is 10.6. The summed E-state index contributed by atoms with van der Waals surface area (Å²) in [5.41, 5.74) is 3.51. The molecule has 0 bridgehead atoms. The van der Waals surface area contributed by atoms with Crippen molar-refractivity contribution in [2.24, 2.45) is 7.05 Å². The monoisotopic (exact) mass is 524 g/mol. The molecule has 10 nitrogen and oxygen atoms in total. The Balaban J connectivity index is 0.000000383. The third-order valence-corrected chi connectivity index (χ3v) is 4.54. The highest BCUT2D eigenvalue weighted by molar-refractivity contribution is 9.10. The van der Waals surface area contributed by atoms with Crippen molar-refractivity contribution in [2.45, 2.75) is 13.1 Å². The Kier molecular flexibility index (Phi) is 7.06. The highest BCUT2D eigenvalue weighted by Gasteiger charge is 2.38. The Morgan fingerprint density at radius 1 is 1.15 bits per heavy atom. The minimum Gasteiger partial charge on any atom is -0.475 e. The number of nitrogens with one attached hydrogen (secondary N) is 1. The SMILES string of the molecule is Cc1ncn(-c2ccc(Nc3ncc(Br)c(-c4cnn(C)c4)n3)cc2)n1.O=C(O)C(F)(F)F. The van der Waals surface area contributed by atoms with Crippen molar-refractivity contribution < 1.29 is 23.1 Å². The number of aliphatic carboxylic acids is 1. The first-order valence-electron chi connectivity index (χ1n) is 9.10. The van der Waals surface area contributed by atoms with E-state index in [0.717, 1.165) is 32.9 Å². The lowest BCUT2D eigenvalue weighted by molar-refractivity contribution is -0.192. The van der Waals surface area contributed by atoms with E-state index in [1.54, 1.807) is 28.1 Å². The second kappa shape index (κ2) is 9.77. The van der Waals surface area contributed by atoms with Crippen molar-refractivity contribution in [1.29, 1.82) is 0 Å². The highest BCUT2D eigenvalue weighted by Crippen LogP contribution is 2.27. The number of anilines is 2. The molecule has 0 radical (unpaired) electrons. The Labute approximate surface area is 193 Å². The maximum Gasteiger partial charge on any atom is 0.490 e. The minimum absolute atomic E-state index is 0.511. The van der Waals surface area contributed by atoms with Gasteiger partial charge in [0.05, 0.1) is 22.1 Å². The van der Waals surface area contributed by atoms with Gasteiger partial charge in [0.1, 0.15) is 12.2 Å². The largest absolute Gasteiger partial charge is 0.490 e. The summed E-state index contributed by atoms with van der Waals surface area (Å²) in [5.74, 6) is -1.51. The van der Waals surface area contributed by atoms with Crippen LogP contribution in [0.2, 0.25) is 0 Å². The van der Waals surface area contributed by atoms with Gasteiger partial charge < -0.3 is 10.4 Å². The lowest BCUT2D eigenvalue weighted by atomic mass is 10.2. The third kappa shape index (κ3) is 6.35. The number of rotatable bonds is 4. The number of halogens is 4. The zero-order valence-electron chi connectivity index (χ0n) is 17.1. The summed E-state index contributed by atoms with van der Waals surface area (Å²) in [6.45, 7) is 1.86. The third-order valence-electron chi connectivity index (χ3n) is 3.96. The van der Waals surface area contributed by atoms with E-state index in [4.69, 9.17) is 9.90 Å². The first kappa shape index (κ1) is 23.8. The van der Waals surface area contributed by atoms with E-state index in [-0.39, 0.29) is 0 Å². The fraction of sp³-hybridized carbons (Fsp3) is 0.158. The molecule has 0 saturated carbocycles. The number of alkyl halides is 3. The molecule has 0 aliphatic heterocycles. The number of hydrogen-bond acceptors (Lipinski definition) is 7. The number of aromatic nitrogens is 7. The number of carboxylic acid groups (broad SMARTS) is 1. The average molecular weight is 525 g/mol. The van der Waals surface area contributed by atoms with E-state index < -0.39 is 12.1 Å². The van der Waals surface area contributed by atoms with Crippen LogP contribution in [0.5, 0.6) is 0 Å². The topological polar surface area (TPSA) is 124 Å². The number of carbonyl (C=O) groups is 1. The molecule has 14 heteroatoms. The summed E-state index contributed by atoms with van der Waals surface area (Å²) in [4.78, 5) is 21.9. The molecular formula is C19H16BrF3N8O2. The molecule has 0 atom stereocenters. The van der Waals surface area contributed by atoms with E-state index in [9.17, 15) is 13.2 Å². The number of nitrogens with zero attached hydrogens (tertiary/aromatic N) is 7. The smallest absolute Gasteiger partial charge is 0.475 e. The molecule has 0 aliphatic carbocycles. The summed E-state index contributed by atoms with van der Waals surface area (Å²) in [7, 11) is 1.87. The van der Waals surface area contributed by atoms with Gasteiger partial charge in [0, 0.05) is 30.7 Å². The lowest BCUT2D eigenvalue weighted by Crippen LogP contribution is -2.21. The molecule has 0 saturated heterocycles. The molecule has 0 unspecified atom stereocenters. The first-order chi connectivity index (χ1) is 15.5. The van der Waals surface area contributed by atoms with Crippen LogP contribution in [0.3, 0.4) is 0 Å². The van der Waals surface area contributed by atoms with Crippen LogP contribution in [0.4, 0.5) is 24.8 Å². The van der Waals surface area contributed by atoms with Crippen LogP contribution in [-0.4, -0.2) is 51.8 Å². The normalized spacial score (nSPS) is 11.0. The average Bonchev–Trinajstić information content (AvgIpc) is 3.38. The van der Waals surface area contributed by atoms with Crippen molar-refractivity contribution in [2.75, 3.05) is 5.32 Å². The molecule has 0 fully saturated rings. The molecular weight excluding hydrogens is 509 g/mol. The van der Waals surface area contributed by atoms with Crippen molar-refractivity contribution in [1.82, 2.24) is 34.5 Å². The molecule has 4 aromatic rings. The van der Waals surface area contributed by atoms with Gasteiger partial charge in [-0.3, -0.25) is 4.68 Å². The number of hydrogen-bond donors (Lipinski definition) is 2. The van der Waals surface area contributed by atoms with Crippen molar-refractivity contribution in [3.63, 3.8) is 0 Å². The Morgan fingerprint density at radius 2 is 1.82 bits per heavy atom. The standard InChI is InChI=1S/C17H15BrN8.C2HF3O2/c1-11-20-10-26(24-11)14-5-3-13(4-6-14)22-17-19-8-15(18)16(23-17)12-7-21-25(2)9-12;3-2(4,5)1(6)7/h3-10H,1-2H3,(H,19,22,23);(H,6,7). The fourth-order valence-electron chi connectivity index (χ4n) is 2.47. The molecule has 4 rings (SSSR count). The quantitative estimate of drug-likeness (QED) is 0.411. The van der Waals surface area contributed by atoms with Gasteiger partial charge in [0.2, 0.25) is 5.95 Å².